The number of amides is 1. The number of ether oxygens (including phenoxy) is 2. The number of aromatic nitrogens is 2. The maximum Gasteiger partial charge on any atom is 0.276 e. The molecule has 0 fully saturated rings. The molecule has 2 aromatic carbocycles. The van der Waals surface area contributed by atoms with Crippen LogP contribution in [0.2, 0.25) is 5.02 Å². The Morgan fingerprint density at radius 1 is 1.15 bits per heavy atom. The third-order valence-electron chi connectivity index (χ3n) is 3.79. The summed E-state index contributed by atoms with van der Waals surface area (Å²) in [6.45, 7) is 4.63. The number of rotatable bonds is 7. The number of carbonyl (C=O) groups is 1. The van der Waals surface area contributed by atoms with Crippen LogP contribution in [-0.2, 0) is 6.73 Å². The zero-order valence-corrected chi connectivity index (χ0v) is 15.9. The summed E-state index contributed by atoms with van der Waals surface area (Å²) < 4.78 is 12.7. The normalized spacial score (nSPS) is 10.5. The molecule has 0 aliphatic carbocycles. The summed E-state index contributed by atoms with van der Waals surface area (Å²) in [6, 6.07) is 14.2. The summed E-state index contributed by atoms with van der Waals surface area (Å²) in [7, 11) is 0. The smallest absolute Gasteiger partial charge is 0.276 e. The summed E-state index contributed by atoms with van der Waals surface area (Å²) in [5, 5.41) is 7.71. The van der Waals surface area contributed by atoms with E-state index in [4.69, 9.17) is 21.1 Å². The fraction of sp³-hybridized carbons (Fsp3) is 0.200. The van der Waals surface area contributed by atoms with Gasteiger partial charge in [0.1, 0.15) is 11.5 Å². The molecule has 6 nitrogen and oxygen atoms in total. The van der Waals surface area contributed by atoms with Crippen LogP contribution in [0.5, 0.6) is 11.5 Å². The highest BCUT2D eigenvalue weighted by Gasteiger charge is 2.10. The Kier molecular flexibility index (Phi) is 5.98. The van der Waals surface area contributed by atoms with Crippen LogP contribution in [0, 0.1) is 6.92 Å². The number of halogens is 1. The van der Waals surface area contributed by atoms with Gasteiger partial charge in [-0.1, -0.05) is 11.6 Å². The van der Waals surface area contributed by atoms with E-state index in [0.717, 1.165) is 17.1 Å². The van der Waals surface area contributed by atoms with Gasteiger partial charge in [-0.3, -0.25) is 4.79 Å². The minimum atomic E-state index is -0.291. The third kappa shape index (κ3) is 5.01. The molecular formula is C20H20ClN3O3. The average molecular weight is 386 g/mol. The molecular weight excluding hydrogens is 366 g/mol. The number of benzene rings is 2. The van der Waals surface area contributed by atoms with Crippen LogP contribution < -0.4 is 14.8 Å². The lowest BCUT2D eigenvalue weighted by molar-refractivity contribution is 0.102. The van der Waals surface area contributed by atoms with Crippen LogP contribution in [0.4, 0.5) is 5.69 Å². The van der Waals surface area contributed by atoms with Gasteiger partial charge in [0.15, 0.2) is 12.4 Å². The van der Waals surface area contributed by atoms with E-state index < -0.39 is 0 Å². The van der Waals surface area contributed by atoms with E-state index in [1.807, 2.05) is 19.9 Å². The van der Waals surface area contributed by atoms with Crippen molar-refractivity contribution in [3.8, 4) is 11.5 Å². The van der Waals surface area contributed by atoms with Crippen LogP contribution >= 0.6 is 11.6 Å². The summed E-state index contributed by atoms with van der Waals surface area (Å²) in [5.41, 5.74) is 1.91. The first-order chi connectivity index (χ1) is 13.0. The maximum atomic E-state index is 12.3. The van der Waals surface area contributed by atoms with Crippen molar-refractivity contribution < 1.29 is 14.3 Å². The molecule has 0 radical (unpaired) electrons. The monoisotopic (exact) mass is 385 g/mol. The van der Waals surface area contributed by atoms with E-state index in [2.05, 4.69) is 10.4 Å². The first-order valence-electron chi connectivity index (χ1n) is 8.52. The maximum absolute atomic E-state index is 12.3. The molecule has 1 aromatic heterocycles. The second-order valence-corrected chi connectivity index (χ2v) is 6.27. The molecule has 3 rings (SSSR count). The Bertz CT molecular complexity index is 922. The number of hydrogen-bond donors (Lipinski definition) is 1. The first-order valence-corrected chi connectivity index (χ1v) is 8.89. The molecule has 0 saturated heterocycles. The van der Waals surface area contributed by atoms with E-state index in [0.29, 0.717) is 23.0 Å². The number of nitrogens with zero attached hydrogens (tertiary/aromatic N) is 2. The molecule has 0 unspecified atom stereocenters. The Morgan fingerprint density at radius 3 is 2.63 bits per heavy atom. The summed E-state index contributed by atoms with van der Waals surface area (Å²) in [6.07, 6.45) is 1.69. The molecule has 27 heavy (non-hydrogen) atoms. The Hall–Kier alpha value is -2.99. The van der Waals surface area contributed by atoms with E-state index in [9.17, 15) is 4.79 Å². The van der Waals surface area contributed by atoms with Gasteiger partial charge in [0, 0.05) is 16.9 Å². The van der Waals surface area contributed by atoms with Crippen molar-refractivity contribution in [3.63, 3.8) is 0 Å². The highest BCUT2D eigenvalue weighted by Crippen LogP contribution is 2.22. The lowest BCUT2D eigenvalue weighted by atomic mass is 10.2. The second kappa shape index (κ2) is 8.60. The number of aryl methyl sites for hydroxylation is 1. The average Bonchev–Trinajstić information content (AvgIpc) is 3.12. The predicted octanol–water partition coefficient (Wildman–Crippen LogP) is 4.53. The fourth-order valence-corrected chi connectivity index (χ4v) is 2.69. The molecule has 3 aromatic rings. The van der Waals surface area contributed by atoms with Crippen molar-refractivity contribution >= 4 is 23.2 Å². The van der Waals surface area contributed by atoms with Gasteiger partial charge in [0.05, 0.1) is 6.61 Å². The Morgan fingerprint density at radius 2 is 1.93 bits per heavy atom. The van der Waals surface area contributed by atoms with Gasteiger partial charge in [0.25, 0.3) is 5.91 Å². The highest BCUT2D eigenvalue weighted by molar-refractivity contribution is 6.30. The lowest BCUT2D eigenvalue weighted by Gasteiger charge is -2.09. The molecule has 140 valence electrons. The van der Waals surface area contributed by atoms with Gasteiger partial charge < -0.3 is 14.8 Å². The zero-order chi connectivity index (χ0) is 19.2. The Balaban J connectivity index is 1.58. The topological polar surface area (TPSA) is 65.4 Å². The zero-order valence-electron chi connectivity index (χ0n) is 15.1. The summed E-state index contributed by atoms with van der Waals surface area (Å²) in [5.74, 6) is 1.19. The quantitative estimate of drug-likeness (QED) is 0.648. The van der Waals surface area contributed by atoms with Gasteiger partial charge in [-0.2, -0.15) is 5.10 Å². The number of anilines is 1. The predicted molar refractivity (Wildman–Crippen MR) is 105 cm³/mol. The molecule has 0 bridgehead atoms. The minimum Gasteiger partial charge on any atom is -0.494 e. The van der Waals surface area contributed by atoms with Crippen LogP contribution in [0.3, 0.4) is 0 Å². The number of hydrogen-bond acceptors (Lipinski definition) is 4. The SMILES string of the molecule is CCOc1ccc(NC(=O)c2ccn(COc3ccc(Cl)cc3C)n2)cc1. The molecule has 1 N–H and O–H groups in total. The van der Waals surface area contributed by atoms with Crippen molar-refractivity contribution in [2.24, 2.45) is 0 Å². The van der Waals surface area contributed by atoms with Gasteiger partial charge in [-0.05, 0) is 67.9 Å². The summed E-state index contributed by atoms with van der Waals surface area (Å²) in [4.78, 5) is 12.3. The van der Waals surface area contributed by atoms with E-state index in [1.54, 1.807) is 53.3 Å². The molecule has 7 heteroatoms. The summed E-state index contributed by atoms with van der Waals surface area (Å²) >= 11 is 5.94. The van der Waals surface area contributed by atoms with Crippen molar-refractivity contribution in [2.45, 2.75) is 20.6 Å². The van der Waals surface area contributed by atoms with Crippen LogP contribution in [0.25, 0.3) is 0 Å². The first kappa shape index (κ1) is 18.8. The molecule has 1 heterocycles. The lowest BCUT2D eigenvalue weighted by Crippen LogP contribution is -2.14. The van der Waals surface area contributed by atoms with Crippen molar-refractivity contribution in [2.75, 3.05) is 11.9 Å². The molecule has 0 atom stereocenters. The van der Waals surface area contributed by atoms with Crippen LogP contribution in [0.1, 0.15) is 23.0 Å². The molecule has 0 aliphatic rings. The number of carbonyl (C=O) groups excluding carboxylic acids is 1. The molecule has 0 aliphatic heterocycles. The second-order valence-electron chi connectivity index (χ2n) is 5.84. The fourth-order valence-electron chi connectivity index (χ4n) is 2.46. The van der Waals surface area contributed by atoms with Crippen LogP contribution in [0.15, 0.2) is 54.7 Å². The molecule has 1 amide bonds. The van der Waals surface area contributed by atoms with Gasteiger partial charge in [-0.15, -0.1) is 0 Å². The van der Waals surface area contributed by atoms with E-state index in [-0.39, 0.29) is 12.6 Å². The van der Waals surface area contributed by atoms with Gasteiger partial charge >= 0.3 is 0 Å². The van der Waals surface area contributed by atoms with E-state index >= 15 is 0 Å². The van der Waals surface area contributed by atoms with Gasteiger partial charge in [-0.25, -0.2) is 4.68 Å². The largest absolute Gasteiger partial charge is 0.494 e. The van der Waals surface area contributed by atoms with Crippen molar-refractivity contribution in [1.29, 1.82) is 0 Å². The van der Waals surface area contributed by atoms with Crippen LogP contribution in [-0.4, -0.2) is 22.3 Å². The minimum absolute atomic E-state index is 0.193. The highest BCUT2D eigenvalue weighted by atomic mass is 35.5. The van der Waals surface area contributed by atoms with Crippen molar-refractivity contribution in [3.05, 3.63) is 71.0 Å². The van der Waals surface area contributed by atoms with E-state index in [1.165, 1.54) is 0 Å². The molecule has 0 saturated carbocycles. The standard InChI is InChI=1S/C20H20ClN3O3/c1-3-26-17-7-5-16(6-8-17)22-20(25)18-10-11-24(23-18)13-27-19-9-4-15(21)12-14(19)2/h4-12H,3,13H2,1-2H3,(H,22,25). The Labute approximate surface area is 162 Å². The number of nitrogens with one attached hydrogen (secondary N) is 1. The van der Waals surface area contributed by atoms with Gasteiger partial charge in [0.2, 0.25) is 0 Å². The van der Waals surface area contributed by atoms with Crippen molar-refractivity contribution in [1.82, 2.24) is 9.78 Å². The molecule has 0 spiro atoms. The third-order valence-corrected chi connectivity index (χ3v) is 4.02.